The van der Waals surface area contributed by atoms with Crippen molar-refractivity contribution in [3.63, 3.8) is 0 Å². The Kier molecular flexibility index (Phi) is 17.6. The van der Waals surface area contributed by atoms with Crippen molar-refractivity contribution in [1.82, 2.24) is 5.32 Å². The van der Waals surface area contributed by atoms with Gasteiger partial charge in [-0.25, -0.2) is 0 Å². The van der Waals surface area contributed by atoms with Crippen LogP contribution in [0.25, 0.3) is 0 Å². The highest BCUT2D eigenvalue weighted by atomic mass is 16.5. The first-order valence-electron chi connectivity index (χ1n) is 7.05. The molecule has 0 aliphatic rings. The second-order valence-electron chi connectivity index (χ2n) is 4.07. The number of hydrogen-bond acceptors (Lipinski definition) is 2. The summed E-state index contributed by atoms with van der Waals surface area (Å²) in [5, 5.41) is 3.02. The molecule has 0 rings (SSSR count). The fourth-order valence-corrected chi connectivity index (χ4v) is 1.11. The molecule has 1 N–H and O–H groups in total. The summed E-state index contributed by atoms with van der Waals surface area (Å²) >= 11 is 0. The quantitative estimate of drug-likeness (QED) is 0.373. The molecule has 0 amide bonds. The first kappa shape index (κ1) is 20.0. The van der Waals surface area contributed by atoms with E-state index in [0.717, 1.165) is 12.2 Å². The van der Waals surface area contributed by atoms with Gasteiger partial charge in [-0.05, 0) is 33.7 Å². The summed E-state index contributed by atoms with van der Waals surface area (Å²) in [7, 11) is 1.88. The smallest absolute Gasteiger partial charge is 0.105 e. The predicted octanol–water partition coefficient (Wildman–Crippen LogP) is 4.62. The molecule has 0 heterocycles. The normalized spacial score (nSPS) is 12.0. The summed E-state index contributed by atoms with van der Waals surface area (Å²) in [4.78, 5) is 0. The molecular formula is C17H31NO. The van der Waals surface area contributed by atoms with Gasteiger partial charge in [0.15, 0.2) is 0 Å². The number of likely N-dealkylation sites (N-methyl/N-ethyl adjacent to an activating group) is 1. The van der Waals surface area contributed by atoms with E-state index < -0.39 is 0 Å². The van der Waals surface area contributed by atoms with Crippen molar-refractivity contribution in [1.29, 1.82) is 0 Å². The highest BCUT2D eigenvalue weighted by Crippen LogP contribution is 1.98. The van der Waals surface area contributed by atoms with Gasteiger partial charge in [-0.3, -0.25) is 0 Å². The van der Waals surface area contributed by atoms with Gasteiger partial charge in [0.1, 0.15) is 5.76 Å². The molecule has 0 spiro atoms. The van der Waals surface area contributed by atoms with Crippen LogP contribution in [0.15, 0.2) is 49.3 Å². The van der Waals surface area contributed by atoms with Crippen LogP contribution < -0.4 is 5.32 Å². The standard InChI is InChI=1S/C10H16.C7H15NO/c1-3-5-7-9-10-8-6-4-2;1-5-9-7(3)6(2)8-4/h3,5,7-8,10H,1,4,6,9H2,2H3;6,8H,3,5H2,1-2,4H3/b7-5-,10-8-;/t;6-/m.0/s1. The van der Waals surface area contributed by atoms with Crippen LogP contribution in [0, 0.1) is 0 Å². The zero-order chi connectivity index (χ0) is 14.9. The molecule has 0 saturated carbocycles. The Balaban J connectivity index is 0. The number of ether oxygens (including phenoxy) is 1. The fraction of sp³-hybridized carbons (Fsp3) is 0.529. The molecule has 0 unspecified atom stereocenters. The van der Waals surface area contributed by atoms with Crippen LogP contribution in [0.5, 0.6) is 0 Å². The fourth-order valence-electron chi connectivity index (χ4n) is 1.11. The number of rotatable bonds is 9. The largest absolute Gasteiger partial charge is 0.497 e. The van der Waals surface area contributed by atoms with Crippen molar-refractivity contribution >= 4 is 0 Å². The predicted molar refractivity (Wildman–Crippen MR) is 87.3 cm³/mol. The van der Waals surface area contributed by atoms with Gasteiger partial charge in [0.2, 0.25) is 0 Å². The van der Waals surface area contributed by atoms with Crippen molar-refractivity contribution in [2.75, 3.05) is 13.7 Å². The summed E-state index contributed by atoms with van der Waals surface area (Å²) in [6, 6.07) is 0.255. The topological polar surface area (TPSA) is 21.3 Å². The van der Waals surface area contributed by atoms with E-state index in [4.69, 9.17) is 4.74 Å². The molecule has 2 nitrogen and oxygen atoms in total. The summed E-state index contributed by atoms with van der Waals surface area (Å²) in [6.45, 7) is 14.2. The van der Waals surface area contributed by atoms with Crippen molar-refractivity contribution in [2.24, 2.45) is 0 Å². The SMILES string of the molecule is C=C(OCC)[C@H](C)NC.C=C/C=C\C/C=C\CCC. The van der Waals surface area contributed by atoms with Gasteiger partial charge in [-0.2, -0.15) is 0 Å². The Labute approximate surface area is 119 Å². The highest BCUT2D eigenvalue weighted by molar-refractivity contribution is 5.00. The molecule has 0 radical (unpaired) electrons. The molecule has 110 valence electrons. The minimum Gasteiger partial charge on any atom is -0.497 e. The van der Waals surface area contributed by atoms with Crippen molar-refractivity contribution in [3.8, 4) is 0 Å². The second-order valence-corrected chi connectivity index (χ2v) is 4.07. The van der Waals surface area contributed by atoms with Crippen LogP contribution in [0.1, 0.15) is 40.0 Å². The summed E-state index contributed by atoms with van der Waals surface area (Å²) in [5.41, 5.74) is 0. The lowest BCUT2D eigenvalue weighted by atomic mass is 10.3. The molecule has 0 aromatic heterocycles. The first-order chi connectivity index (χ1) is 9.13. The lowest BCUT2D eigenvalue weighted by molar-refractivity contribution is 0.207. The molecule has 0 aromatic carbocycles. The van der Waals surface area contributed by atoms with Crippen molar-refractivity contribution in [2.45, 2.75) is 46.1 Å². The number of unbranched alkanes of at least 4 members (excludes halogenated alkanes) is 1. The molecular weight excluding hydrogens is 234 g/mol. The summed E-state index contributed by atoms with van der Waals surface area (Å²) in [6.07, 6.45) is 13.7. The number of allylic oxidation sites excluding steroid dienone is 5. The molecule has 19 heavy (non-hydrogen) atoms. The van der Waals surface area contributed by atoms with Gasteiger partial charge in [-0.1, -0.05) is 56.9 Å². The Bertz CT molecular complexity index is 266. The molecule has 0 fully saturated rings. The van der Waals surface area contributed by atoms with E-state index in [2.05, 4.69) is 43.6 Å². The van der Waals surface area contributed by atoms with Crippen LogP contribution in [0.2, 0.25) is 0 Å². The molecule has 2 heteroatoms. The molecule has 0 aliphatic heterocycles. The van der Waals surface area contributed by atoms with Gasteiger partial charge in [0.25, 0.3) is 0 Å². The van der Waals surface area contributed by atoms with Gasteiger partial charge >= 0.3 is 0 Å². The first-order valence-corrected chi connectivity index (χ1v) is 7.05. The van der Waals surface area contributed by atoms with E-state index >= 15 is 0 Å². The maximum Gasteiger partial charge on any atom is 0.105 e. The van der Waals surface area contributed by atoms with Crippen LogP contribution in [-0.2, 0) is 4.74 Å². The monoisotopic (exact) mass is 265 g/mol. The minimum atomic E-state index is 0.255. The average Bonchev–Trinajstić information content (AvgIpc) is 2.43. The maximum atomic E-state index is 5.14. The zero-order valence-corrected chi connectivity index (χ0v) is 13.1. The van der Waals surface area contributed by atoms with E-state index in [9.17, 15) is 0 Å². The van der Waals surface area contributed by atoms with E-state index in [1.807, 2.05) is 27.0 Å². The maximum absolute atomic E-state index is 5.14. The third kappa shape index (κ3) is 16.7. The van der Waals surface area contributed by atoms with Crippen LogP contribution in [0.3, 0.4) is 0 Å². The lowest BCUT2D eigenvalue weighted by Crippen LogP contribution is -2.24. The molecule has 0 bridgehead atoms. The van der Waals surface area contributed by atoms with Crippen LogP contribution in [0.4, 0.5) is 0 Å². The third-order valence-corrected chi connectivity index (χ3v) is 2.41. The molecule has 1 atom stereocenters. The van der Waals surface area contributed by atoms with Gasteiger partial charge in [-0.15, -0.1) is 0 Å². The van der Waals surface area contributed by atoms with Crippen LogP contribution in [-0.4, -0.2) is 19.7 Å². The van der Waals surface area contributed by atoms with Gasteiger partial charge in [0.05, 0.1) is 12.6 Å². The minimum absolute atomic E-state index is 0.255. The zero-order valence-electron chi connectivity index (χ0n) is 13.1. The number of hydrogen-bond donors (Lipinski definition) is 1. The Morgan fingerprint density at radius 1 is 1.26 bits per heavy atom. The summed E-state index contributed by atoms with van der Waals surface area (Å²) < 4.78 is 5.14. The molecule has 0 saturated heterocycles. The Morgan fingerprint density at radius 3 is 2.42 bits per heavy atom. The second kappa shape index (κ2) is 16.7. The van der Waals surface area contributed by atoms with E-state index in [1.165, 1.54) is 12.8 Å². The third-order valence-electron chi connectivity index (χ3n) is 2.41. The van der Waals surface area contributed by atoms with Gasteiger partial charge < -0.3 is 10.1 Å². The van der Waals surface area contributed by atoms with E-state index in [1.54, 1.807) is 6.08 Å². The number of nitrogens with one attached hydrogen (secondary N) is 1. The lowest BCUT2D eigenvalue weighted by Gasteiger charge is -2.13. The van der Waals surface area contributed by atoms with E-state index in [0.29, 0.717) is 6.61 Å². The van der Waals surface area contributed by atoms with Crippen molar-refractivity contribution in [3.05, 3.63) is 49.3 Å². The Hall–Kier alpha value is -1.28. The van der Waals surface area contributed by atoms with Gasteiger partial charge in [0, 0.05) is 0 Å². The Morgan fingerprint density at radius 2 is 1.95 bits per heavy atom. The van der Waals surface area contributed by atoms with E-state index in [-0.39, 0.29) is 6.04 Å². The molecule has 0 aromatic rings. The average molecular weight is 265 g/mol. The van der Waals surface area contributed by atoms with Crippen molar-refractivity contribution < 1.29 is 4.74 Å². The molecule has 0 aliphatic carbocycles. The highest BCUT2D eigenvalue weighted by Gasteiger charge is 2.01. The summed E-state index contributed by atoms with van der Waals surface area (Å²) in [5.74, 6) is 0.806. The van der Waals surface area contributed by atoms with Crippen LogP contribution >= 0.6 is 0 Å².